The van der Waals surface area contributed by atoms with Crippen molar-refractivity contribution in [3.63, 3.8) is 0 Å². The van der Waals surface area contributed by atoms with Gasteiger partial charge in [0, 0.05) is 34.0 Å². The first-order valence-corrected chi connectivity index (χ1v) is 8.16. The zero-order chi connectivity index (χ0) is 17.6. The molecule has 2 aromatic rings. The molecule has 0 spiro atoms. The summed E-state index contributed by atoms with van der Waals surface area (Å²) in [6.45, 7) is 12.2. The maximum atomic E-state index is 12.8. The molecule has 0 fully saturated rings. The smallest absolute Gasteiger partial charge is 0.195 e. The first-order chi connectivity index (χ1) is 10.4. The molecular formula is C19H25NO2S. The Morgan fingerprint density at radius 3 is 1.83 bits per heavy atom. The van der Waals surface area contributed by atoms with Crippen LogP contribution in [-0.2, 0) is 10.8 Å². The molecular weight excluding hydrogens is 306 g/mol. The summed E-state index contributed by atoms with van der Waals surface area (Å²) in [6.07, 6.45) is 3.34. The Balaban J connectivity index is 2.70. The van der Waals surface area contributed by atoms with Crippen LogP contribution in [0.1, 0.15) is 68.6 Å². The first kappa shape index (κ1) is 17.7. The van der Waals surface area contributed by atoms with Crippen molar-refractivity contribution in [3.05, 3.63) is 46.8 Å². The van der Waals surface area contributed by atoms with Gasteiger partial charge in [-0.2, -0.15) is 0 Å². The first-order valence-electron chi connectivity index (χ1n) is 7.71. The fourth-order valence-corrected chi connectivity index (χ4v) is 2.84. The van der Waals surface area contributed by atoms with E-state index in [9.17, 15) is 9.90 Å². The van der Waals surface area contributed by atoms with Crippen molar-refractivity contribution in [2.24, 2.45) is 0 Å². The summed E-state index contributed by atoms with van der Waals surface area (Å²) in [5, 5.41) is 10.7. The molecule has 0 bridgehead atoms. The zero-order valence-corrected chi connectivity index (χ0v) is 15.5. The van der Waals surface area contributed by atoms with E-state index in [4.69, 9.17) is 0 Å². The lowest BCUT2D eigenvalue weighted by Gasteiger charge is -2.28. The van der Waals surface area contributed by atoms with Crippen LogP contribution in [0.15, 0.2) is 29.4 Å². The number of aromatic nitrogens is 1. The third-order valence-electron chi connectivity index (χ3n) is 3.96. The van der Waals surface area contributed by atoms with E-state index >= 15 is 0 Å². The van der Waals surface area contributed by atoms with E-state index in [1.54, 1.807) is 24.5 Å². The molecule has 0 saturated heterocycles. The summed E-state index contributed by atoms with van der Waals surface area (Å²) in [5.74, 6) is 0.189. The normalized spacial score (nSPS) is 12.5. The number of phenols is 1. The number of rotatable bonds is 2. The van der Waals surface area contributed by atoms with Gasteiger partial charge in [0.05, 0.1) is 5.56 Å². The molecule has 2 rings (SSSR count). The molecule has 124 valence electrons. The number of thiol groups is 1. The highest BCUT2D eigenvalue weighted by Gasteiger charge is 2.28. The Labute approximate surface area is 143 Å². The molecule has 0 amide bonds. The van der Waals surface area contributed by atoms with Gasteiger partial charge in [0.2, 0.25) is 0 Å². The number of benzene rings is 1. The van der Waals surface area contributed by atoms with E-state index in [-0.39, 0.29) is 22.4 Å². The number of phenolic OH excluding ortho intramolecular Hbond substituents is 1. The van der Waals surface area contributed by atoms with E-state index in [0.29, 0.717) is 16.0 Å². The summed E-state index contributed by atoms with van der Waals surface area (Å²) in [7, 11) is 0. The third-order valence-corrected chi connectivity index (χ3v) is 4.33. The lowest BCUT2D eigenvalue weighted by Crippen LogP contribution is -2.19. The molecule has 4 heteroatoms. The van der Waals surface area contributed by atoms with Gasteiger partial charge in [-0.3, -0.25) is 4.79 Å². The Morgan fingerprint density at radius 2 is 1.48 bits per heavy atom. The zero-order valence-electron chi connectivity index (χ0n) is 14.6. The predicted octanol–water partition coefficient (Wildman–Crippen LogP) is 4.84. The Hall–Kier alpha value is -1.68. The second-order valence-corrected chi connectivity index (χ2v) is 8.49. The number of aromatic amines is 1. The number of hydrogen-bond donors (Lipinski definition) is 3. The summed E-state index contributed by atoms with van der Waals surface area (Å²) >= 11 is 4.32. The highest BCUT2D eigenvalue weighted by molar-refractivity contribution is 7.80. The van der Waals surface area contributed by atoms with Crippen molar-refractivity contribution in [1.82, 2.24) is 4.98 Å². The van der Waals surface area contributed by atoms with Gasteiger partial charge in [-0.15, -0.1) is 12.6 Å². The van der Waals surface area contributed by atoms with Crippen LogP contribution >= 0.6 is 12.6 Å². The fourth-order valence-electron chi connectivity index (χ4n) is 2.60. The van der Waals surface area contributed by atoms with Gasteiger partial charge in [0.1, 0.15) is 5.75 Å². The minimum Gasteiger partial charge on any atom is -0.507 e. The van der Waals surface area contributed by atoms with E-state index in [1.165, 1.54) is 0 Å². The van der Waals surface area contributed by atoms with E-state index < -0.39 is 0 Å². The van der Waals surface area contributed by atoms with Crippen LogP contribution in [-0.4, -0.2) is 15.9 Å². The summed E-state index contributed by atoms with van der Waals surface area (Å²) < 4.78 is 0. The topological polar surface area (TPSA) is 53.1 Å². The maximum Gasteiger partial charge on any atom is 0.195 e. The van der Waals surface area contributed by atoms with Crippen molar-refractivity contribution in [3.8, 4) is 5.75 Å². The second kappa shape index (κ2) is 5.75. The molecule has 0 aliphatic carbocycles. The Bertz CT molecular complexity index is 710. The summed E-state index contributed by atoms with van der Waals surface area (Å²) in [6, 6.07) is 3.60. The molecule has 0 atom stereocenters. The standard InChI is InChI=1S/C19H25NO2S/c1-18(2,3)13-7-11(8-14(17(13)22)19(4,5)6)16(21)12-9-20-10-15(12)23/h7-10,20,22-23H,1-6H3. The van der Waals surface area contributed by atoms with Crippen molar-refractivity contribution in [1.29, 1.82) is 0 Å². The van der Waals surface area contributed by atoms with Crippen LogP contribution in [0.2, 0.25) is 0 Å². The van der Waals surface area contributed by atoms with Crippen LogP contribution in [0.25, 0.3) is 0 Å². The van der Waals surface area contributed by atoms with Crippen LogP contribution in [0.4, 0.5) is 0 Å². The quantitative estimate of drug-likeness (QED) is 0.545. The highest BCUT2D eigenvalue weighted by Crippen LogP contribution is 2.40. The molecule has 0 radical (unpaired) electrons. The fraction of sp³-hybridized carbons (Fsp3) is 0.421. The van der Waals surface area contributed by atoms with Gasteiger partial charge in [-0.25, -0.2) is 0 Å². The largest absolute Gasteiger partial charge is 0.507 e. The minimum absolute atomic E-state index is 0.0905. The average molecular weight is 331 g/mol. The molecule has 3 nitrogen and oxygen atoms in total. The SMILES string of the molecule is CC(C)(C)c1cc(C(=O)c2c[nH]cc2S)cc(C(C)(C)C)c1O. The minimum atomic E-state index is -0.262. The van der Waals surface area contributed by atoms with Crippen molar-refractivity contribution < 1.29 is 9.90 Å². The molecule has 1 aromatic carbocycles. The van der Waals surface area contributed by atoms with Gasteiger partial charge < -0.3 is 10.1 Å². The Morgan fingerprint density at radius 1 is 1.00 bits per heavy atom. The van der Waals surface area contributed by atoms with E-state index in [0.717, 1.165) is 11.1 Å². The van der Waals surface area contributed by atoms with Gasteiger partial charge in [-0.1, -0.05) is 41.5 Å². The number of carbonyl (C=O) groups excluding carboxylic acids is 1. The summed E-state index contributed by atoms with van der Waals surface area (Å²) in [4.78, 5) is 16.4. The molecule has 1 heterocycles. The molecule has 0 aliphatic rings. The molecule has 2 N–H and O–H groups in total. The average Bonchev–Trinajstić information content (AvgIpc) is 2.81. The second-order valence-electron chi connectivity index (χ2n) is 8.00. The number of aromatic hydroxyl groups is 1. The maximum absolute atomic E-state index is 12.8. The number of H-pyrrole nitrogens is 1. The number of nitrogens with one attached hydrogen (secondary N) is 1. The molecule has 0 unspecified atom stereocenters. The van der Waals surface area contributed by atoms with Gasteiger partial charge in [0.15, 0.2) is 5.78 Å². The number of carbonyl (C=O) groups is 1. The molecule has 1 aromatic heterocycles. The monoisotopic (exact) mass is 331 g/mol. The molecule has 0 saturated carbocycles. The lowest BCUT2D eigenvalue weighted by atomic mass is 9.78. The number of ketones is 1. The summed E-state index contributed by atoms with van der Waals surface area (Å²) in [5.41, 5.74) is 2.16. The third kappa shape index (κ3) is 3.47. The van der Waals surface area contributed by atoms with Gasteiger partial charge in [0.25, 0.3) is 0 Å². The predicted molar refractivity (Wildman–Crippen MR) is 97.0 cm³/mol. The number of hydrogen-bond acceptors (Lipinski definition) is 3. The Kier molecular flexibility index (Phi) is 4.42. The van der Waals surface area contributed by atoms with Crippen LogP contribution in [0, 0.1) is 0 Å². The van der Waals surface area contributed by atoms with Gasteiger partial charge >= 0.3 is 0 Å². The van der Waals surface area contributed by atoms with Crippen molar-refractivity contribution in [2.45, 2.75) is 57.3 Å². The van der Waals surface area contributed by atoms with Crippen LogP contribution < -0.4 is 0 Å². The van der Waals surface area contributed by atoms with Crippen LogP contribution in [0.5, 0.6) is 5.75 Å². The lowest BCUT2D eigenvalue weighted by molar-refractivity contribution is 0.103. The van der Waals surface area contributed by atoms with Crippen LogP contribution in [0.3, 0.4) is 0 Å². The molecule has 0 aliphatic heterocycles. The van der Waals surface area contributed by atoms with Gasteiger partial charge in [-0.05, 0) is 23.0 Å². The van der Waals surface area contributed by atoms with Crippen molar-refractivity contribution in [2.75, 3.05) is 0 Å². The molecule has 23 heavy (non-hydrogen) atoms. The van der Waals surface area contributed by atoms with Crippen molar-refractivity contribution >= 4 is 18.4 Å². The van der Waals surface area contributed by atoms with E-state index in [1.807, 2.05) is 41.5 Å². The van der Waals surface area contributed by atoms with E-state index in [2.05, 4.69) is 17.6 Å². The highest BCUT2D eigenvalue weighted by atomic mass is 32.1.